The zero-order valence-corrected chi connectivity index (χ0v) is 10.8. The molecule has 0 saturated heterocycles. The van der Waals surface area contributed by atoms with Crippen LogP contribution in [0.2, 0.25) is 0 Å². The van der Waals surface area contributed by atoms with E-state index in [0.29, 0.717) is 5.92 Å². The fourth-order valence-electron chi connectivity index (χ4n) is 1.44. The van der Waals surface area contributed by atoms with E-state index in [1.807, 2.05) is 6.92 Å². The molecule has 17 heavy (non-hydrogen) atoms. The Hall–Kier alpha value is -1.30. The Kier molecular flexibility index (Phi) is 6.57. The smallest absolute Gasteiger partial charge is 0.334 e. The Balaban J connectivity index is 4.09. The molecular formula is C11H22N2O4. The highest BCUT2D eigenvalue weighted by atomic mass is 16.4. The highest BCUT2D eigenvalue weighted by Crippen LogP contribution is 2.09. The van der Waals surface area contributed by atoms with Crippen LogP contribution < -0.4 is 5.32 Å². The standard InChI is InChI=1S/C11H22N2O4/c1-7(2)5-8(3)13(4)11(17)12-6-9(14)10(15)16/h7-9,14H,5-6H2,1-4H3,(H,12,17)(H,15,16). The molecule has 2 atom stereocenters. The third kappa shape index (κ3) is 6.11. The van der Waals surface area contributed by atoms with E-state index in [0.717, 1.165) is 6.42 Å². The molecule has 0 aliphatic heterocycles. The number of hydrogen-bond donors (Lipinski definition) is 3. The molecule has 6 nitrogen and oxygen atoms in total. The van der Waals surface area contributed by atoms with Crippen LogP contribution in [-0.4, -0.2) is 52.9 Å². The lowest BCUT2D eigenvalue weighted by molar-refractivity contribution is -0.146. The summed E-state index contributed by atoms with van der Waals surface area (Å²) in [5, 5.41) is 19.8. The Bertz CT molecular complexity index is 268. The van der Waals surface area contributed by atoms with Crippen LogP contribution in [0.15, 0.2) is 0 Å². The topological polar surface area (TPSA) is 89.9 Å². The predicted octanol–water partition coefficient (Wildman–Crippen LogP) is 0.508. The van der Waals surface area contributed by atoms with Gasteiger partial charge in [0, 0.05) is 13.1 Å². The van der Waals surface area contributed by atoms with Crippen molar-refractivity contribution in [3.05, 3.63) is 0 Å². The van der Waals surface area contributed by atoms with Gasteiger partial charge in [0.2, 0.25) is 0 Å². The first-order valence-corrected chi connectivity index (χ1v) is 5.67. The first-order chi connectivity index (χ1) is 7.75. The lowest BCUT2D eigenvalue weighted by Gasteiger charge is -2.26. The number of carboxylic acids is 1. The fourth-order valence-corrected chi connectivity index (χ4v) is 1.44. The number of carboxylic acid groups (broad SMARTS) is 1. The van der Waals surface area contributed by atoms with Gasteiger partial charge in [0.25, 0.3) is 0 Å². The second-order valence-electron chi connectivity index (χ2n) is 4.63. The lowest BCUT2D eigenvalue weighted by atomic mass is 10.0. The molecule has 2 amide bonds. The minimum atomic E-state index is -1.56. The van der Waals surface area contributed by atoms with Crippen molar-refractivity contribution in [2.75, 3.05) is 13.6 Å². The summed E-state index contributed by atoms with van der Waals surface area (Å²) in [5.74, 6) is -0.868. The van der Waals surface area contributed by atoms with Gasteiger partial charge in [-0.2, -0.15) is 0 Å². The van der Waals surface area contributed by atoms with E-state index in [-0.39, 0.29) is 18.6 Å². The molecule has 0 spiro atoms. The van der Waals surface area contributed by atoms with Crippen molar-refractivity contribution in [3.63, 3.8) is 0 Å². The monoisotopic (exact) mass is 246 g/mol. The van der Waals surface area contributed by atoms with Gasteiger partial charge in [0.15, 0.2) is 6.10 Å². The van der Waals surface area contributed by atoms with E-state index in [1.54, 1.807) is 7.05 Å². The molecule has 3 N–H and O–H groups in total. The van der Waals surface area contributed by atoms with Crippen molar-refractivity contribution in [1.82, 2.24) is 10.2 Å². The molecular weight excluding hydrogens is 224 g/mol. The Morgan fingerprint density at radius 2 is 1.82 bits per heavy atom. The summed E-state index contributed by atoms with van der Waals surface area (Å²) < 4.78 is 0. The summed E-state index contributed by atoms with van der Waals surface area (Å²) in [6.07, 6.45) is -0.696. The molecule has 0 rings (SSSR count). The van der Waals surface area contributed by atoms with Crippen LogP contribution >= 0.6 is 0 Å². The molecule has 2 unspecified atom stereocenters. The summed E-state index contributed by atoms with van der Waals surface area (Å²) in [6, 6.07) is -0.310. The van der Waals surface area contributed by atoms with Gasteiger partial charge in [-0.05, 0) is 19.3 Å². The molecule has 0 saturated carbocycles. The summed E-state index contributed by atoms with van der Waals surface area (Å²) in [6.45, 7) is 5.77. The molecule has 0 aliphatic carbocycles. The van der Waals surface area contributed by atoms with Gasteiger partial charge < -0.3 is 20.4 Å². The van der Waals surface area contributed by atoms with E-state index in [4.69, 9.17) is 10.2 Å². The van der Waals surface area contributed by atoms with Crippen LogP contribution in [0.4, 0.5) is 4.79 Å². The van der Waals surface area contributed by atoms with E-state index in [2.05, 4.69) is 19.2 Å². The second-order valence-corrected chi connectivity index (χ2v) is 4.63. The molecule has 0 fully saturated rings. The molecule has 0 bridgehead atoms. The molecule has 6 heteroatoms. The number of amides is 2. The first-order valence-electron chi connectivity index (χ1n) is 5.67. The number of rotatable bonds is 6. The van der Waals surface area contributed by atoms with Gasteiger partial charge in [0.05, 0.1) is 6.54 Å². The van der Waals surface area contributed by atoms with Crippen molar-refractivity contribution in [2.45, 2.75) is 39.3 Å². The number of urea groups is 1. The maximum atomic E-state index is 11.6. The van der Waals surface area contributed by atoms with Crippen LogP contribution in [0.25, 0.3) is 0 Å². The first kappa shape index (κ1) is 15.7. The SMILES string of the molecule is CC(C)CC(C)N(C)C(=O)NCC(O)C(=O)O. The maximum absolute atomic E-state index is 11.6. The number of carbonyl (C=O) groups excluding carboxylic acids is 1. The summed E-state index contributed by atoms with van der Waals surface area (Å²) >= 11 is 0. The molecule has 0 aromatic heterocycles. The quantitative estimate of drug-likeness (QED) is 0.637. The van der Waals surface area contributed by atoms with Crippen molar-refractivity contribution < 1.29 is 19.8 Å². The summed E-state index contributed by atoms with van der Waals surface area (Å²) in [4.78, 5) is 23.5. The van der Waals surface area contributed by atoms with E-state index < -0.39 is 12.1 Å². The van der Waals surface area contributed by atoms with Gasteiger partial charge in [-0.15, -0.1) is 0 Å². The molecule has 0 radical (unpaired) electrons. The second kappa shape index (κ2) is 7.11. The van der Waals surface area contributed by atoms with Crippen molar-refractivity contribution >= 4 is 12.0 Å². The van der Waals surface area contributed by atoms with Crippen molar-refractivity contribution in [3.8, 4) is 0 Å². The van der Waals surface area contributed by atoms with Gasteiger partial charge >= 0.3 is 12.0 Å². The largest absolute Gasteiger partial charge is 0.479 e. The van der Waals surface area contributed by atoms with Crippen LogP contribution in [0.3, 0.4) is 0 Å². The molecule has 100 valence electrons. The number of hydrogen-bond acceptors (Lipinski definition) is 3. The highest BCUT2D eigenvalue weighted by molar-refractivity contribution is 5.76. The third-order valence-electron chi connectivity index (χ3n) is 2.53. The Morgan fingerprint density at radius 3 is 2.24 bits per heavy atom. The minimum absolute atomic E-state index is 0.0666. The molecule has 0 heterocycles. The van der Waals surface area contributed by atoms with Crippen LogP contribution in [0.1, 0.15) is 27.2 Å². The number of aliphatic hydroxyl groups excluding tert-OH is 1. The number of nitrogens with one attached hydrogen (secondary N) is 1. The number of aliphatic carboxylic acids is 1. The number of nitrogens with zero attached hydrogens (tertiary/aromatic N) is 1. The van der Waals surface area contributed by atoms with Crippen molar-refractivity contribution in [2.24, 2.45) is 5.92 Å². The molecule has 0 aliphatic rings. The van der Waals surface area contributed by atoms with Crippen LogP contribution in [-0.2, 0) is 4.79 Å². The summed E-state index contributed by atoms with van der Waals surface area (Å²) in [7, 11) is 1.65. The van der Waals surface area contributed by atoms with Crippen LogP contribution in [0.5, 0.6) is 0 Å². The molecule has 0 aromatic rings. The van der Waals surface area contributed by atoms with E-state index in [9.17, 15) is 9.59 Å². The van der Waals surface area contributed by atoms with Crippen LogP contribution in [0, 0.1) is 5.92 Å². The number of aliphatic hydroxyl groups is 1. The van der Waals surface area contributed by atoms with Gasteiger partial charge in [0.1, 0.15) is 0 Å². The molecule has 0 aromatic carbocycles. The lowest BCUT2D eigenvalue weighted by Crippen LogP contribution is -2.46. The Morgan fingerprint density at radius 1 is 1.29 bits per heavy atom. The fraction of sp³-hybridized carbons (Fsp3) is 0.818. The van der Waals surface area contributed by atoms with E-state index in [1.165, 1.54) is 4.90 Å². The number of carbonyl (C=O) groups is 2. The maximum Gasteiger partial charge on any atom is 0.334 e. The minimum Gasteiger partial charge on any atom is -0.479 e. The highest BCUT2D eigenvalue weighted by Gasteiger charge is 2.19. The zero-order valence-electron chi connectivity index (χ0n) is 10.8. The zero-order chi connectivity index (χ0) is 13.6. The third-order valence-corrected chi connectivity index (χ3v) is 2.53. The normalized spacial score (nSPS) is 14.2. The van der Waals surface area contributed by atoms with E-state index >= 15 is 0 Å². The van der Waals surface area contributed by atoms with Gasteiger partial charge in [-0.25, -0.2) is 9.59 Å². The van der Waals surface area contributed by atoms with Gasteiger partial charge in [-0.3, -0.25) is 0 Å². The summed E-state index contributed by atoms with van der Waals surface area (Å²) in [5.41, 5.74) is 0. The average molecular weight is 246 g/mol. The van der Waals surface area contributed by atoms with Gasteiger partial charge in [-0.1, -0.05) is 13.8 Å². The predicted molar refractivity (Wildman–Crippen MR) is 63.7 cm³/mol. The Labute approximate surface area is 102 Å². The van der Waals surface area contributed by atoms with Crippen molar-refractivity contribution in [1.29, 1.82) is 0 Å². The average Bonchev–Trinajstić information content (AvgIpc) is 2.22.